The fourth-order valence-corrected chi connectivity index (χ4v) is 23.9. The summed E-state index contributed by atoms with van der Waals surface area (Å²) in [5.41, 5.74) is 14.9. The molecule has 2 aliphatic carbocycles. The second kappa shape index (κ2) is 9.98. The molecule has 0 saturated heterocycles. The molecule has 0 atom stereocenters. The molecule has 0 amide bonds. The van der Waals surface area contributed by atoms with Gasteiger partial charge in [0.25, 0.3) is 0 Å². The number of rotatable bonds is 5. The molecule has 0 heterocycles. The maximum absolute atomic E-state index is 2.99. The van der Waals surface area contributed by atoms with Crippen molar-refractivity contribution in [1.29, 1.82) is 0 Å². The van der Waals surface area contributed by atoms with Crippen molar-refractivity contribution in [1.82, 2.24) is 0 Å². The summed E-state index contributed by atoms with van der Waals surface area (Å²) in [7, 11) is 0. The Morgan fingerprint density at radius 3 is 0.925 bits per heavy atom. The van der Waals surface area contributed by atoms with Crippen LogP contribution in [0.5, 0.6) is 0 Å². The number of fused-ring (bicyclic) bond motifs is 6. The van der Waals surface area contributed by atoms with Gasteiger partial charge in [-0.05, 0) is 0 Å². The summed E-state index contributed by atoms with van der Waals surface area (Å²) in [5.74, 6) is 0. The summed E-state index contributed by atoms with van der Waals surface area (Å²) in [5, 5.41) is 0. The molecule has 0 radical (unpaired) electrons. The first-order chi connectivity index (χ1) is 19.9. The van der Waals surface area contributed by atoms with Crippen LogP contribution in [0.25, 0.3) is 22.3 Å². The predicted molar refractivity (Wildman–Crippen MR) is 162 cm³/mol. The second-order valence-corrected chi connectivity index (χ2v) is 20.8. The topological polar surface area (TPSA) is 0 Å². The molecule has 0 aliphatic heterocycles. The van der Waals surface area contributed by atoms with Crippen molar-refractivity contribution in [3.8, 4) is 22.3 Å². The van der Waals surface area contributed by atoms with Crippen molar-refractivity contribution in [2.45, 2.75) is 11.0 Å². The van der Waals surface area contributed by atoms with E-state index in [1.165, 1.54) is 33.4 Å². The molecular weight excluding hydrogens is 647 g/mol. The Morgan fingerprint density at radius 2 is 0.600 bits per heavy atom. The molecule has 189 valence electrons. The first kappa shape index (κ1) is 24.0. The molecule has 6 aromatic rings. The molecule has 0 spiro atoms. The third-order valence-electron chi connectivity index (χ3n) is 8.93. The molecule has 0 N–H and O–H groups in total. The van der Waals surface area contributed by atoms with Crippen molar-refractivity contribution in [2.75, 3.05) is 0 Å². The molecule has 0 bridgehead atoms. The molecule has 0 aromatic heterocycles. The van der Waals surface area contributed by atoms with E-state index >= 15 is 0 Å². The van der Waals surface area contributed by atoms with Crippen LogP contribution in [0.3, 0.4) is 0 Å². The first-order valence-corrected chi connectivity index (χ1v) is 20.5. The van der Waals surface area contributed by atoms with Crippen molar-refractivity contribution in [2.24, 2.45) is 0 Å². The minimum absolute atomic E-state index is 0.417. The van der Waals surface area contributed by atoms with E-state index in [1.54, 1.807) is 22.3 Å². The van der Waals surface area contributed by atoms with E-state index < -0.39 is 21.4 Å². The third-order valence-corrected chi connectivity index (χ3v) is 23.0. The molecular formula is C39H29Hf. The summed E-state index contributed by atoms with van der Waals surface area (Å²) >= 11 is -2.99. The molecule has 0 fully saturated rings. The molecule has 2 aliphatic rings. The van der Waals surface area contributed by atoms with Crippen LogP contribution in [0.4, 0.5) is 0 Å². The van der Waals surface area contributed by atoms with Gasteiger partial charge in [-0.25, -0.2) is 0 Å². The van der Waals surface area contributed by atoms with Crippen LogP contribution in [0.1, 0.15) is 44.4 Å². The van der Waals surface area contributed by atoms with E-state index in [1.807, 2.05) is 0 Å². The van der Waals surface area contributed by atoms with E-state index in [9.17, 15) is 0 Å². The zero-order chi connectivity index (χ0) is 26.5. The van der Waals surface area contributed by atoms with E-state index in [0.29, 0.717) is 11.0 Å². The van der Waals surface area contributed by atoms with Crippen LogP contribution < -0.4 is 0 Å². The van der Waals surface area contributed by atoms with E-state index in [-0.39, 0.29) is 0 Å². The maximum atomic E-state index is 2.43. The normalized spacial score (nSPS) is 13.5. The van der Waals surface area contributed by atoms with Gasteiger partial charge in [0, 0.05) is 0 Å². The molecule has 6 aromatic carbocycles. The summed E-state index contributed by atoms with van der Waals surface area (Å²) < 4.78 is 1.35. The standard InChI is InChI=1S/2C13H9.C13H11.Hf/c2*1-3-7-12-10(5-1)9-11-6-2-4-8-13(11)12;1-3-7-12(8-4-1)11-13-9-5-2-6-10-13;/h2*1-9H;1-11H;. The van der Waals surface area contributed by atoms with Crippen LogP contribution in [0.15, 0.2) is 158 Å². The SMILES string of the molecule is c1ccc([CH](c2ccccc2)[Hf]([CH]2c3ccccc3-c3ccccc32)[CH]2c3ccccc3-c3ccccc32)cc1. The Kier molecular flexibility index (Phi) is 6.00. The molecule has 0 unspecified atom stereocenters. The Hall–Kier alpha value is -3.81. The number of hydrogen-bond donors (Lipinski definition) is 0. The summed E-state index contributed by atoms with van der Waals surface area (Å²) in [6.07, 6.45) is 0. The Labute approximate surface area is 244 Å². The van der Waals surface area contributed by atoms with Crippen LogP contribution >= 0.6 is 0 Å². The summed E-state index contributed by atoms with van der Waals surface area (Å²) in [6, 6.07) is 59.9. The molecule has 0 saturated carbocycles. The first-order valence-electron chi connectivity index (χ1n) is 14.2. The fourth-order valence-electron chi connectivity index (χ4n) is 7.40. The Bertz CT molecular complexity index is 1590. The Balaban J connectivity index is 1.47. The van der Waals surface area contributed by atoms with Crippen molar-refractivity contribution in [3.05, 3.63) is 191 Å². The monoisotopic (exact) mass is 677 g/mol. The zero-order valence-corrected chi connectivity index (χ0v) is 25.8. The van der Waals surface area contributed by atoms with Gasteiger partial charge in [0.2, 0.25) is 0 Å². The van der Waals surface area contributed by atoms with E-state index in [2.05, 4.69) is 158 Å². The van der Waals surface area contributed by atoms with Crippen LogP contribution in [-0.4, -0.2) is 0 Å². The summed E-state index contributed by atoms with van der Waals surface area (Å²) in [4.78, 5) is 0. The number of hydrogen-bond acceptors (Lipinski definition) is 0. The summed E-state index contributed by atoms with van der Waals surface area (Å²) in [6.45, 7) is 0. The predicted octanol–water partition coefficient (Wildman–Crippen LogP) is 9.93. The second-order valence-electron chi connectivity index (χ2n) is 11.0. The third kappa shape index (κ3) is 3.75. The van der Waals surface area contributed by atoms with Crippen molar-refractivity contribution < 1.29 is 21.4 Å². The van der Waals surface area contributed by atoms with Gasteiger partial charge >= 0.3 is 246 Å². The van der Waals surface area contributed by atoms with Gasteiger partial charge in [0.1, 0.15) is 0 Å². The van der Waals surface area contributed by atoms with Gasteiger partial charge in [0.15, 0.2) is 0 Å². The van der Waals surface area contributed by atoms with Gasteiger partial charge < -0.3 is 0 Å². The average molecular weight is 676 g/mol. The average Bonchev–Trinajstić information content (AvgIpc) is 3.54. The quantitative estimate of drug-likeness (QED) is 0.160. The van der Waals surface area contributed by atoms with E-state index in [4.69, 9.17) is 0 Å². The Morgan fingerprint density at radius 1 is 0.325 bits per heavy atom. The molecule has 8 rings (SSSR count). The molecule has 1 heteroatoms. The van der Waals surface area contributed by atoms with Gasteiger partial charge in [-0.3, -0.25) is 0 Å². The molecule has 40 heavy (non-hydrogen) atoms. The van der Waals surface area contributed by atoms with Gasteiger partial charge in [0.05, 0.1) is 0 Å². The van der Waals surface area contributed by atoms with Crippen LogP contribution in [0.2, 0.25) is 0 Å². The van der Waals surface area contributed by atoms with Gasteiger partial charge in [-0.1, -0.05) is 0 Å². The van der Waals surface area contributed by atoms with E-state index in [0.717, 1.165) is 0 Å². The van der Waals surface area contributed by atoms with Gasteiger partial charge in [-0.15, -0.1) is 0 Å². The minimum atomic E-state index is -2.99. The van der Waals surface area contributed by atoms with Gasteiger partial charge in [-0.2, -0.15) is 0 Å². The number of benzene rings is 6. The van der Waals surface area contributed by atoms with Crippen LogP contribution in [0, 0.1) is 0 Å². The van der Waals surface area contributed by atoms with Crippen LogP contribution in [-0.2, 0) is 21.4 Å². The fraction of sp³-hybridized carbons (Fsp3) is 0.0769. The zero-order valence-electron chi connectivity index (χ0n) is 22.2. The molecule has 0 nitrogen and oxygen atoms in total. The van der Waals surface area contributed by atoms with Crippen molar-refractivity contribution in [3.63, 3.8) is 0 Å². The van der Waals surface area contributed by atoms with Crippen molar-refractivity contribution >= 4 is 0 Å².